The largest absolute Gasteiger partial charge is 0.396 e. The van der Waals surface area contributed by atoms with E-state index in [0.29, 0.717) is 5.69 Å². The second kappa shape index (κ2) is 8.66. The molecule has 0 bridgehead atoms. The zero-order valence-electron chi connectivity index (χ0n) is 12.2. The van der Waals surface area contributed by atoms with Crippen molar-refractivity contribution in [1.82, 2.24) is 4.90 Å². The second-order valence-electron chi connectivity index (χ2n) is 5.03. The number of rotatable bonds is 8. The third kappa shape index (κ3) is 6.12. The monoisotopic (exact) mass is 282 g/mol. The number of aliphatic hydroxyl groups excluding tert-OH is 1. The number of benzene rings is 1. The smallest absolute Gasteiger partial charge is 0.238 e. The topological polar surface area (TPSA) is 52.6 Å². The number of nitrogens with one attached hydrogen (secondary N) is 1. The van der Waals surface area contributed by atoms with Crippen molar-refractivity contribution >= 4 is 11.6 Å². The molecule has 20 heavy (non-hydrogen) atoms. The van der Waals surface area contributed by atoms with Crippen LogP contribution >= 0.6 is 0 Å². The Morgan fingerprint density at radius 2 is 2.10 bits per heavy atom. The zero-order valence-corrected chi connectivity index (χ0v) is 12.2. The minimum atomic E-state index is -0.358. The Kier molecular flexibility index (Phi) is 7.18. The van der Waals surface area contributed by atoms with E-state index in [1.54, 1.807) is 6.07 Å². The van der Waals surface area contributed by atoms with E-state index in [-0.39, 0.29) is 24.9 Å². The molecule has 2 N–H and O–H groups in total. The molecule has 0 saturated heterocycles. The average Bonchev–Trinajstić information content (AvgIpc) is 2.39. The van der Waals surface area contributed by atoms with Crippen LogP contribution in [0.3, 0.4) is 0 Å². The number of carbonyl (C=O) groups excluding carboxylic acids is 1. The van der Waals surface area contributed by atoms with Crippen LogP contribution in [0.25, 0.3) is 0 Å². The molecule has 0 aliphatic rings. The van der Waals surface area contributed by atoms with Gasteiger partial charge in [-0.25, -0.2) is 4.39 Å². The summed E-state index contributed by atoms with van der Waals surface area (Å²) in [6, 6.07) is 4.34. The maximum absolute atomic E-state index is 13.1. The van der Waals surface area contributed by atoms with Crippen LogP contribution in [0, 0.1) is 12.7 Å². The van der Waals surface area contributed by atoms with Gasteiger partial charge in [0.05, 0.1) is 6.54 Å². The first-order valence-corrected chi connectivity index (χ1v) is 6.88. The predicted molar refractivity (Wildman–Crippen MR) is 78.2 cm³/mol. The lowest BCUT2D eigenvalue weighted by molar-refractivity contribution is -0.117. The SMILES string of the molecule is Cc1ccc(F)cc1NC(=O)CN(C)CCCCCO. The normalized spacial score (nSPS) is 10.8. The fraction of sp³-hybridized carbons (Fsp3) is 0.533. The van der Waals surface area contributed by atoms with E-state index >= 15 is 0 Å². The van der Waals surface area contributed by atoms with Gasteiger partial charge in [0.25, 0.3) is 0 Å². The molecule has 1 aromatic rings. The zero-order chi connectivity index (χ0) is 15.0. The van der Waals surface area contributed by atoms with E-state index in [1.165, 1.54) is 12.1 Å². The Hall–Kier alpha value is -1.46. The van der Waals surface area contributed by atoms with Crippen LogP contribution in [0.1, 0.15) is 24.8 Å². The van der Waals surface area contributed by atoms with Gasteiger partial charge in [0.1, 0.15) is 5.82 Å². The van der Waals surface area contributed by atoms with Gasteiger partial charge in [-0.05, 0) is 57.5 Å². The van der Waals surface area contributed by atoms with Crippen molar-refractivity contribution in [2.75, 3.05) is 32.1 Å². The molecule has 0 radical (unpaired) electrons. The van der Waals surface area contributed by atoms with Gasteiger partial charge in [-0.1, -0.05) is 6.07 Å². The Labute approximate surface area is 119 Å². The van der Waals surface area contributed by atoms with Crippen LogP contribution < -0.4 is 5.32 Å². The molecule has 4 nitrogen and oxygen atoms in total. The summed E-state index contributed by atoms with van der Waals surface area (Å²) in [4.78, 5) is 13.8. The molecule has 0 aromatic heterocycles. The third-order valence-corrected chi connectivity index (χ3v) is 3.09. The molecule has 112 valence electrons. The van der Waals surface area contributed by atoms with Crippen molar-refractivity contribution in [2.45, 2.75) is 26.2 Å². The van der Waals surface area contributed by atoms with Gasteiger partial charge >= 0.3 is 0 Å². The van der Waals surface area contributed by atoms with Crippen LogP contribution in [0.2, 0.25) is 0 Å². The predicted octanol–water partition coefficient (Wildman–Crippen LogP) is 2.17. The van der Waals surface area contributed by atoms with Gasteiger partial charge in [0.2, 0.25) is 5.91 Å². The maximum atomic E-state index is 13.1. The van der Waals surface area contributed by atoms with Crippen molar-refractivity contribution in [2.24, 2.45) is 0 Å². The Morgan fingerprint density at radius 3 is 2.80 bits per heavy atom. The molecule has 1 amide bonds. The summed E-state index contributed by atoms with van der Waals surface area (Å²) in [7, 11) is 1.87. The van der Waals surface area contributed by atoms with E-state index in [0.717, 1.165) is 31.4 Å². The number of halogens is 1. The van der Waals surface area contributed by atoms with Crippen LogP contribution in [-0.4, -0.2) is 42.7 Å². The summed E-state index contributed by atoms with van der Waals surface area (Å²) in [5, 5.41) is 11.4. The summed E-state index contributed by atoms with van der Waals surface area (Å²) in [6.07, 6.45) is 2.69. The quantitative estimate of drug-likeness (QED) is 0.718. The molecule has 0 aliphatic carbocycles. The molecular weight excluding hydrogens is 259 g/mol. The summed E-state index contributed by atoms with van der Waals surface area (Å²) < 4.78 is 13.1. The van der Waals surface area contributed by atoms with Gasteiger partial charge < -0.3 is 10.4 Å². The number of unbranched alkanes of at least 4 members (excludes halogenated alkanes) is 2. The number of carbonyl (C=O) groups is 1. The Bertz CT molecular complexity index is 438. The number of anilines is 1. The van der Waals surface area contributed by atoms with E-state index in [9.17, 15) is 9.18 Å². The second-order valence-corrected chi connectivity index (χ2v) is 5.03. The lowest BCUT2D eigenvalue weighted by Crippen LogP contribution is -2.31. The Morgan fingerprint density at radius 1 is 1.35 bits per heavy atom. The first-order valence-electron chi connectivity index (χ1n) is 6.88. The minimum Gasteiger partial charge on any atom is -0.396 e. The highest BCUT2D eigenvalue weighted by Crippen LogP contribution is 2.15. The van der Waals surface area contributed by atoms with E-state index < -0.39 is 0 Å². The molecule has 0 aliphatic heterocycles. The first-order chi connectivity index (χ1) is 9.52. The maximum Gasteiger partial charge on any atom is 0.238 e. The van der Waals surface area contributed by atoms with Gasteiger partial charge in [0.15, 0.2) is 0 Å². The molecule has 0 heterocycles. The van der Waals surface area contributed by atoms with Crippen LogP contribution in [0.5, 0.6) is 0 Å². The lowest BCUT2D eigenvalue weighted by atomic mass is 10.2. The van der Waals surface area contributed by atoms with Crippen molar-refractivity contribution in [3.05, 3.63) is 29.6 Å². The Balaban J connectivity index is 2.37. The highest BCUT2D eigenvalue weighted by Gasteiger charge is 2.08. The van der Waals surface area contributed by atoms with E-state index in [4.69, 9.17) is 5.11 Å². The third-order valence-electron chi connectivity index (χ3n) is 3.09. The molecule has 5 heteroatoms. The average molecular weight is 282 g/mol. The van der Waals surface area contributed by atoms with Gasteiger partial charge in [-0.15, -0.1) is 0 Å². The van der Waals surface area contributed by atoms with Gasteiger partial charge in [-0.2, -0.15) is 0 Å². The van der Waals surface area contributed by atoms with Crippen LogP contribution in [-0.2, 0) is 4.79 Å². The standard InChI is InChI=1S/C15H23FN2O2/c1-12-6-7-13(16)10-14(12)17-15(20)11-18(2)8-4-3-5-9-19/h6-7,10,19H,3-5,8-9,11H2,1-2H3,(H,17,20). The number of aryl methyl sites for hydroxylation is 1. The number of amides is 1. The molecule has 0 spiro atoms. The van der Waals surface area contributed by atoms with Gasteiger partial charge in [0, 0.05) is 12.3 Å². The van der Waals surface area contributed by atoms with Crippen LogP contribution in [0.15, 0.2) is 18.2 Å². The lowest BCUT2D eigenvalue weighted by Gasteiger charge is -2.16. The highest BCUT2D eigenvalue weighted by atomic mass is 19.1. The van der Waals surface area contributed by atoms with Crippen molar-refractivity contribution in [3.8, 4) is 0 Å². The molecule has 0 unspecified atom stereocenters. The fourth-order valence-corrected chi connectivity index (χ4v) is 1.91. The van der Waals surface area contributed by atoms with Crippen LogP contribution in [0.4, 0.5) is 10.1 Å². The summed E-state index contributed by atoms with van der Waals surface area (Å²) in [6.45, 7) is 3.11. The molecular formula is C15H23FN2O2. The summed E-state index contributed by atoms with van der Waals surface area (Å²) in [5.74, 6) is -0.508. The van der Waals surface area contributed by atoms with E-state index in [1.807, 2.05) is 18.9 Å². The highest BCUT2D eigenvalue weighted by molar-refractivity contribution is 5.92. The molecule has 0 atom stereocenters. The number of nitrogens with zero attached hydrogens (tertiary/aromatic N) is 1. The fourth-order valence-electron chi connectivity index (χ4n) is 1.91. The van der Waals surface area contributed by atoms with Crippen molar-refractivity contribution < 1.29 is 14.3 Å². The van der Waals surface area contributed by atoms with E-state index in [2.05, 4.69) is 5.32 Å². The molecule has 1 rings (SSSR count). The number of aliphatic hydroxyl groups is 1. The number of hydrogen-bond donors (Lipinski definition) is 2. The number of likely N-dealkylation sites (N-methyl/N-ethyl adjacent to an activating group) is 1. The number of hydrogen-bond acceptors (Lipinski definition) is 3. The van der Waals surface area contributed by atoms with Gasteiger partial charge in [-0.3, -0.25) is 9.69 Å². The molecule has 0 fully saturated rings. The van der Waals surface area contributed by atoms with Crippen molar-refractivity contribution in [3.63, 3.8) is 0 Å². The minimum absolute atomic E-state index is 0.150. The molecule has 1 aromatic carbocycles. The van der Waals surface area contributed by atoms with Crippen molar-refractivity contribution in [1.29, 1.82) is 0 Å². The summed E-state index contributed by atoms with van der Waals surface area (Å²) in [5.41, 5.74) is 1.36. The summed E-state index contributed by atoms with van der Waals surface area (Å²) >= 11 is 0. The first kappa shape index (κ1) is 16.6. The molecule has 0 saturated carbocycles.